The Hall–Kier alpha value is -0.0600. The van der Waals surface area contributed by atoms with Gasteiger partial charge in [-0.15, -0.1) is 0 Å². The average molecular weight is 363 g/mol. The van der Waals surface area contributed by atoms with Gasteiger partial charge in [-0.2, -0.15) is 0 Å². The summed E-state index contributed by atoms with van der Waals surface area (Å²) in [5, 5.41) is 13.7. The first-order valence-corrected chi connectivity index (χ1v) is 7.59. The van der Waals surface area contributed by atoms with Crippen molar-refractivity contribution in [2.45, 2.75) is 37.7 Å². The second-order valence-corrected chi connectivity index (χ2v) is 6.53. The minimum absolute atomic E-state index is 0.528. The Kier molecular flexibility index (Phi) is 4.50. The number of hydrogen-bond donors (Lipinski definition) is 2. The summed E-state index contributed by atoms with van der Waals surface area (Å²) in [6.45, 7) is 0.627. The van der Waals surface area contributed by atoms with E-state index in [0.717, 1.165) is 40.3 Å². The molecule has 0 atom stereocenters. The highest BCUT2D eigenvalue weighted by Crippen LogP contribution is 2.30. The molecule has 1 fully saturated rings. The Balaban J connectivity index is 1.99. The van der Waals surface area contributed by atoms with Crippen LogP contribution in [0.1, 0.15) is 32.1 Å². The third-order valence-electron chi connectivity index (χ3n) is 3.32. The van der Waals surface area contributed by atoms with Gasteiger partial charge in [0.15, 0.2) is 0 Å². The zero-order valence-corrected chi connectivity index (χ0v) is 12.8. The first-order chi connectivity index (χ1) is 8.09. The number of benzene rings is 1. The van der Waals surface area contributed by atoms with Crippen molar-refractivity contribution in [2.75, 3.05) is 11.9 Å². The van der Waals surface area contributed by atoms with Crippen LogP contribution in [0.25, 0.3) is 0 Å². The lowest BCUT2D eigenvalue weighted by atomic mass is 9.85. The van der Waals surface area contributed by atoms with E-state index in [0.29, 0.717) is 6.54 Å². The smallest absolute Gasteiger partial charge is 0.0819 e. The summed E-state index contributed by atoms with van der Waals surface area (Å²) in [5.41, 5.74) is 0.499. The molecule has 1 aliphatic carbocycles. The van der Waals surface area contributed by atoms with Crippen LogP contribution in [-0.2, 0) is 0 Å². The quantitative estimate of drug-likeness (QED) is 0.839. The van der Waals surface area contributed by atoms with Gasteiger partial charge in [-0.3, -0.25) is 0 Å². The predicted molar refractivity (Wildman–Crippen MR) is 78.4 cm³/mol. The molecule has 17 heavy (non-hydrogen) atoms. The summed E-state index contributed by atoms with van der Waals surface area (Å²) < 4.78 is 2.07. The Bertz CT molecular complexity index is 389. The zero-order valence-electron chi connectivity index (χ0n) is 9.68. The molecule has 0 amide bonds. The molecule has 0 saturated heterocycles. The van der Waals surface area contributed by atoms with E-state index in [2.05, 4.69) is 37.2 Å². The third kappa shape index (κ3) is 3.70. The minimum Gasteiger partial charge on any atom is -0.388 e. The summed E-state index contributed by atoms with van der Waals surface area (Å²) in [4.78, 5) is 0. The van der Waals surface area contributed by atoms with Crippen LogP contribution in [0.4, 0.5) is 5.69 Å². The molecular weight excluding hydrogens is 346 g/mol. The molecule has 94 valence electrons. The van der Waals surface area contributed by atoms with Crippen LogP contribution in [0.5, 0.6) is 0 Å². The lowest BCUT2D eigenvalue weighted by Gasteiger charge is -2.32. The van der Waals surface area contributed by atoms with Gasteiger partial charge in [0.2, 0.25) is 0 Å². The SMILES string of the molecule is OC1(CNc2cc(Br)ccc2Br)CCCCC1. The van der Waals surface area contributed by atoms with E-state index in [9.17, 15) is 5.11 Å². The summed E-state index contributed by atoms with van der Waals surface area (Å²) >= 11 is 6.96. The van der Waals surface area contributed by atoms with Crippen molar-refractivity contribution in [3.8, 4) is 0 Å². The first-order valence-electron chi connectivity index (χ1n) is 6.00. The van der Waals surface area contributed by atoms with Crippen molar-refractivity contribution in [3.05, 3.63) is 27.1 Å². The van der Waals surface area contributed by atoms with Crippen LogP contribution < -0.4 is 5.32 Å². The van der Waals surface area contributed by atoms with Gasteiger partial charge in [0.1, 0.15) is 0 Å². The van der Waals surface area contributed by atoms with Crippen LogP contribution in [0, 0.1) is 0 Å². The summed E-state index contributed by atoms with van der Waals surface area (Å²) in [6, 6.07) is 6.01. The van der Waals surface area contributed by atoms with Crippen LogP contribution in [0.3, 0.4) is 0 Å². The van der Waals surface area contributed by atoms with E-state index in [1.165, 1.54) is 6.42 Å². The topological polar surface area (TPSA) is 32.3 Å². The van der Waals surface area contributed by atoms with E-state index in [4.69, 9.17) is 0 Å². The first kappa shape index (κ1) is 13.4. The van der Waals surface area contributed by atoms with Gasteiger partial charge in [-0.25, -0.2) is 0 Å². The second-order valence-electron chi connectivity index (χ2n) is 4.76. The molecule has 0 unspecified atom stereocenters. The van der Waals surface area contributed by atoms with Crippen molar-refractivity contribution in [1.82, 2.24) is 0 Å². The standard InChI is InChI=1S/C13H17Br2NO/c14-10-4-5-11(15)12(8-10)16-9-13(17)6-2-1-3-7-13/h4-5,8,16-17H,1-3,6-7,9H2. The fourth-order valence-electron chi connectivity index (χ4n) is 2.28. The maximum Gasteiger partial charge on any atom is 0.0819 e. The van der Waals surface area contributed by atoms with Crippen molar-refractivity contribution in [2.24, 2.45) is 0 Å². The summed E-state index contributed by atoms with van der Waals surface area (Å²) in [7, 11) is 0. The molecule has 0 bridgehead atoms. The van der Waals surface area contributed by atoms with Crippen LogP contribution >= 0.6 is 31.9 Å². The predicted octanol–water partition coefficient (Wildman–Crippen LogP) is 4.32. The summed E-state index contributed by atoms with van der Waals surface area (Å²) in [6.07, 6.45) is 5.34. The van der Waals surface area contributed by atoms with Crippen LogP contribution in [0.2, 0.25) is 0 Å². The minimum atomic E-state index is -0.528. The number of anilines is 1. The fourth-order valence-corrected chi connectivity index (χ4v) is 3.03. The third-order valence-corrected chi connectivity index (χ3v) is 4.51. The maximum atomic E-state index is 10.4. The van der Waals surface area contributed by atoms with Gasteiger partial charge in [0, 0.05) is 21.2 Å². The highest BCUT2D eigenvalue weighted by molar-refractivity contribution is 9.11. The molecule has 4 heteroatoms. The van der Waals surface area contributed by atoms with E-state index in [-0.39, 0.29) is 0 Å². The highest BCUT2D eigenvalue weighted by atomic mass is 79.9. The van der Waals surface area contributed by atoms with Crippen molar-refractivity contribution >= 4 is 37.5 Å². The Morgan fingerprint density at radius 2 is 1.88 bits per heavy atom. The molecule has 2 N–H and O–H groups in total. The van der Waals surface area contributed by atoms with Gasteiger partial charge in [-0.05, 0) is 47.0 Å². The number of aliphatic hydroxyl groups is 1. The molecule has 0 spiro atoms. The normalized spacial score (nSPS) is 19.0. The number of hydrogen-bond acceptors (Lipinski definition) is 2. The molecule has 1 aliphatic rings. The molecule has 0 aliphatic heterocycles. The van der Waals surface area contributed by atoms with Crippen LogP contribution in [-0.4, -0.2) is 17.3 Å². The molecule has 2 nitrogen and oxygen atoms in total. The lowest BCUT2D eigenvalue weighted by molar-refractivity contribution is 0.0167. The van der Waals surface area contributed by atoms with Gasteiger partial charge < -0.3 is 10.4 Å². The molecule has 1 saturated carbocycles. The molecule has 1 aromatic carbocycles. The molecule has 0 aromatic heterocycles. The van der Waals surface area contributed by atoms with Crippen molar-refractivity contribution in [1.29, 1.82) is 0 Å². The summed E-state index contributed by atoms with van der Waals surface area (Å²) in [5.74, 6) is 0. The fraction of sp³-hybridized carbons (Fsp3) is 0.538. The van der Waals surface area contributed by atoms with E-state index < -0.39 is 5.60 Å². The Morgan fingerprint density at radius 1 is 1.18 bits per heavy atom. The highest BCUT2D eigenvalue weighted by Gasteiger charge is 2.28. The monoisotopic (exact) mass is 361 g/mol. The van der Waals surface area contributed by atoms with E-state index in [1.807, 2.05) is 18.2 Å². The number of halogens is 2. The number of rotatable bonds is 3. The van der Waals surface area contributed by atoms with Gasteiger partial charge in [0.25, 0.3) is 0 Å². The molecule has 2 rings (SSSR count). The molecular formula is C13H17Br2NO. The second kappa shape index (κ2) is 5.72. The van der Waals surface area contributed by atoms with E-state index in [1.54, 1.807) is 0 Å². The van der Waals surface area contributed by atoms with Crippen molar-refractivity contribution < 1.29 is 5.11 Å². The van der Waals surface area contributed by atoms with Gasteiger partial charge in [-0.1, -0.05) is 35.2 Å². The van der Waals surface area contributed by atoms with E-state index >= 15 is 0 Å². The Labute approximate surface area is 119 Å². The molecule has 1 aromatic rings. The average Bonchev–Trinajstić information content (AvgIpc) is 2.31. The zero-order chi connectivity index (χ0) is 12.3. The van der Waals surface area contributed by atoms with Gasteiger partial charge >= 0.3 is 0 Å². The molecule has 0 radical (unpaired) electrons. The van der Waals surface area contributed by atoms with Crippen molar-refractivity contribution in [3.63, 3.8) is 0 Å². The number of nitrogens with one attached hydrogen (secondary N) is 1. The van der Waals surface area contributed by atoms with Gasteiger partial charge in [0.05, 0.1) is 5.60 Å². The van der Waals surface area contributed by atoms with Crippen LogP contribution in [0.15, 0.2) is 27.1 Å². The largest absolute Gasteiger partial charge is 0.388 e. The maximum absolute atomic E-state index is 10.4. The lowest BCUT2D eigenvalue weighted by Crippen LogP contribution is -2.38. The molecule has 0 heterocycles. The Morgan fingerprint density at radius 3 is 2.59 bits per heavy atom.